The molecule has 0 saturated carbocycles. The van der Waals surface area contributed by atoms with Gasteiger partial charge >= 0.3 is 0 Å². The number of benzene rings is 2. The van der Waals surface area contributed by atoms with Crippen LogP contribution in [0, 0.1) is 0 Å². The average molecular weight is 280 g/mol. The minimum atomic E-state index is -0.180. The molecule has 0 aliphatic heterocycles. The van der Waals surface area contributed by atoms with E-state index in [0.717, 1.165) is 10.9 Å². The molecule has 5 heteroatoms. The fourth-order valence-corrected chi connectivity index (χ4v) is 2.32. The Labute approximate surface area is 122 Å². The first-order valence-corrected chi connectivity index (χ1v) is 6.84. The standard InChI is InChI=1S/C16H16N4O/c1-11(16-17-10-18-20-16)19-15(21)9-12-6-7-13-4-2-3-5-14(13)8-12/h2-8,10-11H,9H2,1H3,(H,19,21)(H,17,18,20). The zero-order chi connectivity index (χ0) is 14.7. The molecule has 2 aromatic carbocycles. The summed E-state index contributed by atoms with van der Waals surface area (Å²) in [6.07, 6.45) is 1.78. The molecule has 106 valence electrons. The first-order valence-electron chi connectivity index (χ1n) is 6.84. The number of rotatable bonds is 4. The Balaban J connectivity index is 1.68. The predicted molar refractivity (Wildman–Crippen MR) is 80.6 cm³/mol. The molecule has 0 fully saturated rings. The van der Waals surface area contributed by atoms with Crippen molar-refractivity contribution in [2.75, 3.05) is 0 Å². The van der Waals surface area contributed by atoms with Gasteiger partial charge in [0.05, 0.1) is 12.5 Å². The molecule has 3 aromatic rings. The van der Waals surface area contributed by atoms with Crippen LogP contribution in [0.5, 0.6) is 0 Å². The summed E-state index contributed by atoms with van der Waals surface area (Å²) in [6, 6.07) is 14.0. The number of carbonyl (C=O) groups excluding carboxylic acids is 1. The zero-order valence-electron chi connectivity index (χ0n) is 11.7. The fourth-order valence-electron chi connectivity index (χ4n) is 2.32. The number of carbonyl (C=O) groups is 1. The summed E-state index contributed by atoms with van der Waals surface area (Å²) in [7, 11) is 0. The molecule has 0 bridgehead atoms. The molecule has 1 amide bonds. The maximum Gasteiger partial charge on any atom is 0.224 e. The van der Waals surface area contributed by atoms with Crippen LogP contribution in [0.3, 0.4) is 0 Å². The number of aromatic nitrogens is 3. The largest absolute Gasteiger partial charge is 0.346 e. The number of nitrogens with zero attached hydrogens (tertiary/aromatic N) is 2. The Bertz CT molecular complexity index is 752. The number of H-pyrrole nitrogens is 1. The van der Waals surface area contributed by atoms with Crippen molar-refractivity contribution >= 4 is 16.7 Å². The fraction of sp³-hybridized carbons (Fsp3) is 0.188. The summed E-state index contributed by atoms with van der Waals surface area (Å²) in [5.74, 6) is 0.621. The summed E-state index contributed by atoms with van der Waals surface area (Å²) in [5.41, 5.74) is 0.996. The smallest absolute Gasteiger partial charge is 0.224 e. The second kappa shape index (κ2) is 5.75. The van der Waals surface area contributed by atoms with Gasteiger partial charge in [0.25, 0.3) is 0 Å². The van der Waals surface area contributed by atoms with E-state index in [1.54, 1.807) is 0 Å². The highest BCUT2D eigenvalue weighted by Crippen LogP contribution is 2.16. The predicted octanol–water partition coefficient (Wildman–Crippen LogP) is 2.38. The Morgan fingerprint density at radius 3 is 2.81 bits per heavy atom. The molecule has 1 heterocycles. The van der Waals surface area contributed by atoms with E-state index in [2.05, 4.69) is 26.6 Å². The van der Waals surface area contributed by atoms with Gasteiger partial charge < -0.3 is 5.32 Å². The van der Waals surface area contributed by atoms with Crippen molar-refractivity contribution < 1.29 is 4.79 Å². The van der Waals surface area contributed by atoms with Gasteiger partial charge in [0.15, 0.2) is 0 Å². The molecule has 1 unspecified atom stereocenters. The maximum absolute atomic E-state index is 12.1. The molecular weight excluding hydrogens is 264 g/mol. The van der Waals surface area contributed by atoms with Gasteiger partial charge in [-0.3, -0.25) is 9.89 Å². The monoisotopic (exact) mass is 280 g/mol. The van der Waals surface area contributed by atoms with Crippen LogP contribution >= 0.6 is 0 Å². The average Bonchev–Trinajstić information content (AvgIpc) is 3.01. The molecule has 5 nitrogen and oxygen atoms in total. The normalized spacial score (nSPS) is 12.2. The lowest BCUT2D eigenvalue weighted by Gasteiger charge is -2.11. The Morgan fingerprint density at radius 2 is 2.05 bits per heavy atom. The molecule has 3 rings (SSSR count). The van der Waals surface area contributed by atoms with E-state index in [1.807, 2.05) is 43.3 Å². The minimum Gasteiger partial charge on any atom is -0.346 e. The van der Waals surface area contributed by atoms with Gasteiger partial charge in [-0.1, -0.05) is 42.5 Å². The summed E-state index contributed by atoms with van der Waals surface area (Å²) in [4.78, 5) is 16.1. The first-order chi connectivity index (χ1) is 10.2. The zero-order valence-corrected chi connectivity index (χ0v) is 11.7. The second-order valence-electron chi connectivity index (χ2n) is 5.02. The maximum atomic E-state index is 12.1. The Kier molecular flexibility index (Phi) is 3.64. The van der Waals surface area contributed by atoms with Gasteiger partial charge in [-0.15, -0.1) is 0 Å². The number of fused-ring (bicyclic) bond motifs is 1. The van der Waals surface area contributed by atoms with Crippen molar-refractivity contribution in [2.24, 2.45) is 0 Å². The number of hydrogen-bond acceptors (Lipinski definition) is 3. The van der Waals surface area contributed by atoms with Gasteiger partial charge in [-0.2, -0.15) is 5.10 Å². The Morgan fingerprint density at radius 1 is 1.24 bits per heavy atom. The van der Waals surface area contributed by atoms with Crippen LogP contribution in [0.15, 0.2) is 48.8 Å². The second-order valence-corrected chi connectivity index (χ2v) is 5.02. The van der Waals surface area contributed by atoms with Crippen LogP contribution in [0.2, 0.25) is 0 Å². The van der Waals surface area contributed by atoms with E-state index in [4.69, 9.17) is 0 Å². The van der Waals surface area contributed by atoms with Crippen molar-refractivity contribution in [3.8, 4) is 0 Å². The molecule has 21 heavy (non-hydrogen) atoms. The van der Waals surface area contributed by atoms with Crippen LogP contribution in [0.25, 0.3) is 10.8 Å². The summed E-state index contributed by atoms with van der Waals surface area (Å²) in [5, 5.41) is 11.8. The van der Waals surface area contributed by atoms with E-state index in [0.29, 0.717) is 12.2 Å². The molecule has 0 aliphatic rings. The quantitative estimate of drug-likeness (QED) is 0.770. The van der Waals surface area contributed by atoms with E-state index in [1.165, 1.54) is 11.7 Å². The Hall–Kier alpha value is -2.69. The number of hydrogen-bond donors (Lipinski definition) is 2. The highest BCUT2D eigenvalue weighted by atomic mass is 16.1. The SMILES string of the molecule is CC(NC(=O)Cc1ccc2ccccc2c1)c1ncn[nH]1. The summed E-state index contributed by atoms with van der Waals surface area (Å²) >= 11 is 0. The minimum absolute atomic E-state index is 0.0332. The molecule has 0 aliphatic carbocycles. The molecule has 1 atom stereocenters. The topological polar surface area (TPSA) is 70.7 Å². The highest BCUT2D eigenvalue weighted by molar-refractivity contribution is 5.85. The third-order valence-corrected chi connectivity index (χ3v) is 3.40. The molecular formula is C16H16N4O. The first kappa shape index (κ1) is 13.3. The third-order valence-electron chi connectivity index (χ3n) is 3.40. The molecule has 0 spiro atoms. The number of aromatic amines is 1. The van der Waals surface area contributed by atoms with Crippen molar-refractivity contribution in [3.63, 3.8) is 0 Å². The van der Waals surface area contributed by atoms with E-state index < -0.39 is 0 Å². The number of amides is 1. The van der Waals surface area contributed by atoms with Crippen molar-refractivity contribution in [1.29, 1.82) is 0 Å². The molecule has 0 radical (unpaired) electrons. The van der Waals surface area contributed by atoms with Crippen LogP contribution in [-0.2, 0) is 11.2 Å². The van der Waals surface area contributed by atoms with Gasteiger partial charge in [0.2, 0.25) is 5.91 Å². The van der Waals surface area contributed by atoms with Gasteiger partial charge in [0.1, 0.15) is 12.2 Å². The van der Waals surface area contributed by atoms with Crippen molar-refractivity contribution in [2.45, 2.75) is 19.4 Å². The van der Waals surface area contributed by atoms with Crippen LogP contribution in [0.4, 0.5) is 0 Å². The van der Waals surface area contributed by atoms with E-state index in [-0.39, 0.29) is 11.9 Å². The lowest BCUT2D eigenvalue weighted by atomic mass is 10.0. The van der Waals surface area contributed by atoms with Crippen molar-refractivity contribution in [1.82, 2.24) is 20.5 Å². The lowest BCUT2D eigenvalue weighted by Crippen LogP contribution is -2.28. The number of nitrogens with one attached hydrogen (secondary N) is 2. The van der Waals surface area contributed by atoms with E-state index >= 15 is 0 Å². The van der Waals surface area contributed by atoms with Crippen LogP contribution in [0.1, 0.15) is 24.4 Å². The van der Waals surface area contributed by atoms with Crippen LogP contribution in [-0.4, -0.2) is 21.1 Å². The van der Waals surface area contributed by atoms with Crippen molar-refractivity contribution in [3.05, 3.63) is 60.2 Å². The van der Waals surface area contributed by atoms with Gasteiger partial charge in [-0.05, 0) is 23.3 Å². The molecule has 0 saturated heterocycles. The summed E-state index contributed by atoms with van der Waals surface area (Å²) < 4.78 is 0. The van der Waals surface area contributed by atoms with E-state index in [9.17, 15) is 4.79 Å². The van der Waals surface area contributed by atoms with Gasteiger partial charge in [-0.25, -0.2) is 4.98 Å². The van der Waals surface area contributed by atoms with Gasteiger partial charge in [0, 0.05) is 0 Å². The van der Waals surface area contributed by atoms with Crippen LogP contribution < -0.4 is 5.32 Å². The molecule has 2 N–H and O–H groups in total. The third kappa shape index (κ3) is 3.08. The highest BCUT2D eigenvalue weighted by Gasteiger charge is 2.12. The molecule has 1 aromatic heterocycles. The lowest BCUT2D eigenvalue weighted by molar-refractivity contribution is -0.121. The summed E-state index contributed by atoms with van der Waals surface area (Å²) in [6.45, 7) is 1.87.